The summed E-state index contributed by atoms with van der Waals surface area (Å²) in [7, 11) is 3.96. The van der Waals surface area contributed by atoms with Crippen molar-refractivity contribution in [2.24, 2.45) is 5.92 Å². The monoisotopic (exact) mass is 391 g/mol. The minimum Gasteiger partial charge on any atom is -0.378 e. The highest BCUT2D eigenvalue weighted by molar-refractivity contribution is 6.36. The number of imide groups is 1. The summed E-state index contributed by atoms with van der Waals surface area (Å²) in [5, 5.41) is 3.22. The first-order valence-electron chi connectivity index (χ1n) is 9.91. The molecule has 1 N–H and O–H groups in total. The van der Waals surface area contributed by atoms with Gasteiger partial charge in [0.2, 0.25) is 0 Å². The van der Waals surface area contributed by atoms with E-state index in [4.69, 9.17) is 0 Å². The molecular weight excluding hydrogens is 362 g/mol. The fourth-order valence-corrected chi connectivity index (χ4v) is 3.37. The van der Waals surface area contributed by atoms with Crippen molar-refractivity contribution in [3.05, 3.63) is 64.9 Å². The van der Waals surface area contributed by atoms with Crippen molar-refractivity contribution in [2.45, 2.75) is 27.7 Å². The lowest BCUT2D eigenvalue weighted by Gasteiger charge is -2.17. The third-order valence-corrected chi connectivity index (χ3v) is 5.16. The number of carbonyl (C=O) groups is 2. The average Bonchev–Trinajstić information content (AvgIpc) is 2.88. The first-order valence-corrected chi connectivity index (χ1v) is 9.91. The van der Waals surface area contributed by atoms with Crippen molar-refractivity contribution in [3.63, 3.8) is 0 Å². The number of amides is 2. The van der Waals surface area contributed by atoms with E-state index in [-0.39, 0.29) is 17.7 Å². The summed E-state index contributed by atoms with van der Waals surface area (Å²) < 4.78 is 0. The molecule has 0 atom stereocenters. The molecule has 0 aromatic heterocycles. The van der Waals surface area contributed by atoms with E-state index >= 15 is 0 Å². The Morgan fingerprint density at radius 3 is 2.14 bits per heavy atom. The fraction of sp³-hybridized carbons (Fsp3) is 0.333. The van der Waals surface area contributed by atoms with E-state index in [9.17, 15) is 9.59 Å². The zero-order valence-corrected chi connectivity index (χ0v) is 18.0. The average molecular weight is 392 g/mol. The lowest BCUT2D eigenvalue weighted by molar-refractivity contribution is -0.137. The van der Waals surface area contributed by atoms with E-state index in [1.165, 1.54) is 4.90 Å². The number of nitrogens with zero attached hydrogens (tertiary/aromatic N) is 2. The lowest BCUT2D eigenvalue weighted by Crippen LogP contribution is -2.35. The highest BCUT2D eigenvalue weighted by Crippen LogP contribution is 2.32. The van der Waals surface area contributed by atoms with Gasteiger partial charge in [-0.1, -0.05) is 32.0 Å². The SMILES string of the molecule is Cc1ccc(C2=C(Nc3ccc(N(C)C)cc3)C(=O)N(CC(C)C)C2=O)cc1C. The number of anilines is 2. The Morgan fingerprint density at radius 2 is 1.59 bits per heavy atom. The molecule has 0 saturated carbocycles. The molecule has 29 heavy (non-hydrogen) atoms. The molecule has 1 heterocycles. The van der Waals surface area contributed by atoms with Gasteiger partial charge in [0, 0.05) is 32.0 Å². The Hall–Kier alpha value is -3.08. The van der Waals surface area contributed by atoms with Crippen LogP contribution in [0.25, 0.3) is 5.57 Å². The Bertz CT molecular complexity index is 972. The van der Waals surface area contributed by atoms with Gasteiger partial charge >= 0.3 is 0 Å². The smallest absolute Gasteiger partial charge is 0.278 e. The maximum atomic E-state index is 13.2. The van der Waals surface area contributed by atoms with E-state index in [1.807, 2.05) is 89.2 Å². The van der Waals surface area contributed by atoms with Gasteiger partial charge in [0.05, 0.1) is 5.57 Å². The van der Waals surface area contributed by atoms with Crippen molar-refractivity contribution in [1.82, 2.24) is 4.90 Å². The summed E-state index contributed by atoms with van der Waals surface area (Å²) in [4.78, 5) is 29.7. The lowest BCUT2D eigenvalue weighted by atomic mass is 9.99. The van der Waals surface area contributed by atoms with Crippen LogP contribution in [0.3, 0.4) is 0 Å². The van der Waals surface area contributed by atoms with Gasteiger partial charge in [-0.15, -0.1) is 0 Å². The van der Waals surface area contributed by atoms with Crippen molar-refractivity contribution in [1.29, 1.82) is 0 Å². The van der Waals surface area contributed by atoms with E-state index in [0.717, 1.165) is 28.1 Å². The molecule has 2 aromatic carbocycles. The molecule has 5 nitrogen and oxygen atoms in total. The standard InChI is InChI=1S/C24H29N3O2/c1-15(2)14-27-23(28)21(18-8-7-16(3)17(4)13-18)22(24(27)29)25-19-9-11-20(12-10-19)26(5)6/h7-13,15,25H,14H2,1-6H3. The van der Waals surface area contributed by atoms with E-state index in [0.29, 0.717) is 17.8 Å². The maximum Gasteiger partial charge on any atom is 0.278 e. The Balaban J connectivity index is 2.05. The van der Waals surface area contributed by atoms with Gasteiger partial charge in [-0.2, -0.15) is 0 Å². The van der Waals surface area contributed by atoms with Crippen molar-refractivity contribution in [3.8, 4) is 0 Å². The van der Waals surface area contributed by atoms with Crippen LogP contribution in [0.15, 0.2) is 48.2 Å². The molecule has 0 radical (unpaired) electrons. The number of benzene rings is 2. The number of carbonyl (C=O) groups excluding carboxylic acids is 2. The molecule has 2 aromatic rings. The molecule has 0 spiro atoms. The van der Waals surface area contributed by atoms with Crippen LogP contribution in [0.5, 0.6) is 0 Å². The highest BCUT2D eigenvalue weighted by atomic mass is 16.2. The van der Waals surface area contributed by atoms with Crippen LogP contribution in [0.2, 0.25) is 0 Å². The van der Waals surface area contributed by atoms with Crippen LogP contribution in [-0.4, -0.2) is 37.4 Å². The molecule has 152 valence electrons. The molecule has 0 fully saturated rings. The molecule has 5 heteroatoms. The zero-order valence-electron chi connectivity index (χ0n) is 18.0. The van der Waals surface area contributed by atoms with Gasteiger partial charge in [0.25, 0.3) is 11.8 Å². The van der Waals surface area contributed by atoms with Crippen LogP contribution < -0.4 is 10.2 Å². The highest BCUT2D eigenvalue weighted by Gasteiger charge is 2.39. The summed E-state index contributed by atoms with van der Waals surface area (Å²) in [6.45, 7) is 8.45. The number of hydrogen-bond donors (Lipinski definition) is 1. The van der Waals surface area contributed by atoms with Crippen LogP contribution in [-0.2, 0) is 9.59 Å². The largest absolute Gasteiger partial charge is 0.378 e. The topological polar surface area (TPSA) is 52.7 Å². The van der Waals surface area contributed by atoms with Crippen LogP contribution in [0.1, 0.15) is 30.5 Å². The molecule has 0 unspecified atom stereocenters. The molecule has 1 aliphatic heterocycles. The second kappa shape index (κ2) is 8.11. The Labute approximate surface area is 173 Å². The normalized spacial score (nSPS) is 14.2. The first-order chi connectivity index (χ1) is 13.7. The zero-order chi connectivity index (χ0) is 21.3. The molecule has 3 rings (SSSR count). The fourth-order valence-electron chi connectivity index (χ4n) is 3.37. The van der Waals surface area contributed by atoms with Crippen LogP contribution in [0, 0.1) is 19.8 Å². The van der Waals surface area contributed by atoms with Gasteiger partial charge in [0.15, 0.2) is 0 Å². The van der Waals surface area contributed by atoms with E-state index < -0.39 is 0 Å². The van der Waals surface area contributed by atoms with Crippen LogP contribution in [0.4, 0.5) is 11.4 Å². The summed E-state index contributed by atoms with van der Waals surface area (Å²) in [6.07, 6.45) is 0. The quantitative estimate of drug-likeness (QED) is 0.749. The predicted molar refractivity (Wildman–Crippen MR) is 119 cm³/mol. The van der Waals surface area contributed by atoms with Crippen LogP contribution >= 0.6 is 0 Å². The third-order valence-electron chi connectivity index (χ3n) is 5.16. The molecule has 1 aliphatic rings. The summed E-state index contributed by atoms with van der Waals surface area (Å²) in [5.74, 6) is -0.310. The van der Waals surface area contributed by atoms with Crippen molar-refractivity contribution in [2.75, 3.05) is 30.9 Å². The second-order valence-electron chi connectivity index (χ2n) is 8.23. The third kappa shape index (κ3) is 4.19. The van der Waals surface area contributed by atoms with E-state index in [2.05, 4.69) is 5.32 Å². The molecular formula is C24H29N3O2. The predicted octanol–water partition coefficient (Wildman–Crippen LogP) is 4.22. The first kappa shape index (κ1) is 20.6. The molecule has 2 amide bonds. The molecule has 0 bridgehead atoms. The Morgan fingerprint density at radius 1 is 0.931 bits per heavy atom. The van der Waals surface area contributed by atoms with Gasteiger partial charge in [0.1, 0.15) is 5.70 Å². The Kier molecular flexibility index (Phi) is 5.78. The van der Waals surface area contributed by atoms with E-state index in [1.54, 1.807) is 0 Å². The summed E-state index contributed by atoms with van der Waals surface area (Å²) in [6, 6.07) is 13.7. The molecule has 0 saturated heterocycles. The summed E-state index contributed by atoms with van der Waals surface area (Å²) in [5.41, 5.74) is 5.64. The summed E-state index contributed by atoms with van der Waals surface area (Å²) >= 11 is 0. The second-order valence-corrected chi connectivity index (χ2v) is 8.23. The van der Waals surface area contributed by atoms with Crippen molar-refractivity contribution >= 4 is 28.8 Å². The number of hydrogen-bond acceptors (Lipinski definition) is 4. The van der Waals surface area contributed by atoms with Gasteiger partial charge in [-0.25, -0.2) is 0 Å². The number of nitrogens with one attached hydrogen (secondary N) is 1. The minimum absolute atomic E-state index is 0.197. The number of rotatable bonds is 6. The number of aryl methyl sites for hydroxylation is 2. The van der Waals surface area contributed by atoms with Crippen molar-refractivity contribution < 1.29 is 9.59 Å². The van der Waals surface area contributed by atoms with Gasteiger partial charge in [-0.05, 0) is 60.7 Å². The van der Waals surface area contributed by atoms with Gasteiger partial charge < -0.3 is 10.2 Å². The molecule has 0 aliphatic carbocycles. The van der Waals surface area contributed by atoms with Gasteiger partial charge in [-0.3, -0.25) is 14.5 Å². The maximum absolute atomic E-state index is 13.2. The minimum atomic E-state index is -0.270.